The number of halogens is 7. The average Bonchev–Trinajstić information content (AvgIpc) is 2.65. The quantitative estimate of drug-likeness (QED) is 0.432. The van der Waals surface area contributed by atoms with Gasteiger partial charge in [-0.25, -0.2) is 4.98 Å². The average molecular weight is 456 g/mol. The van der Waals surface area contributed by atoms with Crippen LogP contribution in [0.1, 0.15) is 5.56 Å². The Bertz CT molecular complexity index is 850. The first-order chi connectivity index (χ1) is 13.5. The molecule has 0 amide bonds. The van der Waals surface area contributed by atoms with Gasteiger partial charge in [-0.1, -0.05) is 17.7 Å². The topological polar surface area (TPSA) is 19.4 Å². The summed E-state index contributed by atoms with van der Waals surface area (Å²) >= 11 is 6.73. The maximum absolute atomic E-state index is 12.8. The zero-order valence-corrected chi connectivity index (χ0v) is 16.5. The van der Waals surface area contributed by atoms with Gasteiger partial charge < -0.3 is 9.80 Å². The van der Waals surface area contributed by atoms with Gasteiger partial charge in [-0.05, 0) is 24.3 Å². The van der Waals surface area contributed by atoms with Gasteiger partial charge in [-0.15, -0.1) is 11.8 Å². The lowest BCUT2D eigenvalue weighted by molar-refractivity contribution is -0.137. The van der Waals surface area contributed by atoms with E-state index in [1.807, 2.05) is 11.0 Å². The summed E-state index contributed by atoms with van der Waals surface area (Å²) < 4.78 is 75.5. The van der Waals surface area contributed by atoms with Gasteiger partial charge in [0, 0.05) is 43.0 Å². The summed E-state index contributed by atoms with van der Waals surface area (Å²) in [4.78, 5) is 8.20. The van der Waals surface area contributed by atoms with Gasteiger partial charge in [-0.3, -0.25) is 0 Å². The standard InChI is InChI=1S/C18H16ClF6N3S/c19-15-8-12(18(23,24)25)10-26-16(15)28-6-4-27(5-7-28)13-2-1-3-14(9-13)29-11-17(20,21)22/h1-3,8-10H,4-7,11H2. The molecular formula is C18H16ClF6N3S. The predicted molar refractivity (Wildman–Crippen MR) is 102 cm³/mol. The van der Waals surface area contributed by atoms with Crippen molar-refractivity contribution in [1.29, 1.82) is 0 Å². The van der Waals surface area contributed by atoms with Crippen LogP contribution >= 0.6 is 23.4 Å². The van der Waals surface area contributed by atoms with Crippen molar-refractivity contribution >= 4 is 34.9 Å². The van der Waals surface area contributed by atoms with Gasteiger partial charge in [0.25, 0.3) is 0 Å². The Hall–Kier alpha value is -1.81. The first-order valence-corrected chi connectivity index (χ1v) is 9.91. The molecule has 3 nitrogen and oxygen atoms in total. The molecule has 0 atom stereocenters. The van der Waals surface area contributed by atoms with E-state index in [4.69, 9.17) is 11.6 Å². The van der Waals surface area contributed by atoms with Crippen molar-refractivity contribution in [1.82, 2.24) is 4.98 Å². The molecule has 1 aliphatic heterocycles. The molecule has 1 fully saturated rings. The summed E-state index contributed by atoms with van der Waals surface area (Å²) in [6.45, 7) is 2.01. The van der Waals surface area contributed by atoms with Crippen LogP contribution in [0.5, 0.6) is 0 Å². The van der Waals surface area contributed by atoms with E-state index in [9.17, 15) is 26.3 Å². The van der Waals surface area contributed by atoms with Crippen LogP contribution < -0.4 is 9.80 Å². The van der Waals surface area contributed by atoms with Crippen molar-refractivity contribution < 1.29 is 26.3 Å². The summed E-state index contributed by atoms with van der Waals surface area (Å²) in [6.07, 6.45) is -7.99. The summed E-state index contributed by atoms with van der Waals surface area (Å²) in [5, 5.41) is -0.0705. The van der Waals surface area contributed by atoms with Gasteiger partial charge in [-0.2, -0.15) is 26.3 Å². The number of hydrogen-bond acceptors (Lipinski definition) is 4. The van der Waals surface area contributed by atoms with E-state index in [-0.39, 0.29) is 10.8 Å². The Morgan fingerprint density at radius 1 is 0.966 bits per heavy atom. The van der Waals surface area contributed by atoms with Gasteiger partial charge >= 0.3 is 12.4 Å². The van der Waals surface area contributed by atoms with Gasteiger partial charge in [0.2, 0.25) is 0 Å². The highest BCUT2D eigenvalue weighted by molar-refractivity contribution is 7.99. The highest BCUT2D eigenvalue weighted by Crippen LogP contribution is 2.34. The zero-order valence-electron chi connectivity index (χ0n) is 14.9. The molecule has 0 spiro atoms. The maximum Gasteiger partial charge on any atom is 0.417 e. The van der Waals surface area contributed by atoms with E-state index in [2.05, 4.69) is 4.98 Å². The first-order valence-electron chi connectivity index (χ1n) is 8.55. The first kappa shape index (κ1) is 21.9. The second kappa shape index (κ2) is 8.51. The number of aromatic nitrogens is 1. The Labute approximate surface area is 172 Å². The van der Waals surface area contributed by atoms with E-state index in [1.54, 1.807) is 23.1 Å². The fourth-order valence-electron chi connectivity index (χ4n) is 2.93. The van der Waals surface area contributed by atoms with Crippen LogP contribution in [0.15, 0.2) is 41.4 Å². The molecule has 1 aromatic carbocycles. The Balaban J connectivity index is 1.64. The number of hydrogen-bond donors (Lipinski definition) is 0. The van der Waals surface area contributed by atoms with Crippen LogP contribution in [0, 0.1) is 0 Å². The fraction of sp³-hybridized carbons (Fsp3) is 0.389. The Kier molecular flexibility index (Phi) is 6.42. The molecule has 0 radical (unpaired) electrons. The van der Waals surface area contributed by atoms with Crippen molar-refractivity contribution in [2.45, 2.75) is 17.2 Å². The number of pyridine rings is 1. The van der Waals surface area contributed by atoms with Crippen LogP contribution in [-0.4, -0.2) is 43.1 Å². The molecule has 1 saturated heterocycles. The molecule has 1 aromatic heterocycles. The number of benzene rings is 1. The van der Waals surface area contributed by atoms with E-state index in [1.165, 1.54) is 0 Å². The lowest BCUT2D eigenvalue weighted by Crippen LogP contribution is -2.47. The second-order valence-electron chi connectivity index (χ2n) is 6.40. The molecule has 11 heteroatoms. The summed E-state index contributed by atoms with van der Waals surface area (Å²) in [6, 6.07) is 7.71. The highest BCUT2D eigenvalue weighted by Gasteiger charge is 2.32. The molecule has 29 heavy (non-hydrogen) atoms. The molecule has 0 saturated carbocycles. The molecule has 3 rings (SSSR count). The molecule has 0 N–H and O–H groups in total. The van der Waals surface area contributed by atoms with Crippen LogP contribution in [-0.2, 0) is 6.18 Å². The van der Waals surface area contributed by atoms with Crippen molar-refractivity contribution in [3.8, 4) is 0 Å². The van der Waals surface area contributed by atoms with Crippen molar-refractivity contribution in [2.24, 2.45) is 0 Å². The third-order valence-electron chi connectivity index (χ3n) is 4.31. The SMILES string of the molecule is FC(F)(F)CSc1cccc(N2CCN(c3ncc(C(F)(F)F)cc3Cl)CC2)c1. The van der Waals surface area contributed by atoms with Crippen molar-refractivity contribution in [2.75, 3.05) is 41.7 Å². The minimum Gasteiger partial charge on any atom is -0.368 e. The van der Waals surface area contributed by atoms with Crippen LogP contribution in [0.3, 0.4) is 0 Å². The summed E-state index contributed by atoms with van der Waals surface area (Å²) in [5.41, 5.74) is -0.110. The van der Waals surface area contributed by atoms with Crippen LogP contribution in [0.4, 0.5) is 37.8 Å². The number of nitrogens with zero attached hydrogens (tertiary/aromatic N) is 3. The van der Waals surface area contributed by atoms with Gasteiger partial charge in [0.05, 0.1) is 16.3 Å². The highest BCUT2D eigenvalue weighted by atomic mass is 35.5. The van der Waals surface area contributed by atoms with Crippen LogP contribution in [0.25, 0.3) is 0 Å². The zero-order chi connectivity index (χ0) is 21.2. The van der Waals surface area contributed by atoms with Crippen molar-refractivity contribution in [3.05, 3.63) is 47.1 Å². The third kappa shape index (κ3) is 5.85. The number of thioether (sulfide) groups is 1. The number of rotatable bonds is 4. The minimum absolute atomic E-state index is 0.0705. The normalized spacial score (nSPS) is 15.7. The largest absolute Gasteiger partial charge is 0.417 e. The number of anilines is 2. The molecule has 158 valence electrons. The fourth-order valence-corrected chi connectivity index (χ4v) is 3.93. The molecular weight excluding hydrogens is 440 g/mol. The molecule has 1 aliphatic rings. The smallest absolute Gasteiger partial charge is 0.368 e. The predicted octanol–water partition coefficient (Wildman–Crippen LogP) is 5.73. The molecule has 0 bridgehead atoms. The van der Waals surface area contributed by atoms with E-state index < -0.39 is 23.7 Å². The maximum atomic E-state index is 12.8. The lowest BCUT2D eigenvalue weighted by atomic mass is 10.2. The molecule has 2 aromatic rings. The van der Waals surface area contributed by atoms with Gasteiger partial charge in [0.1, 0.15) is 5.82 Å². The van der Waals surface area contributed by atoms with Crippen LogP contribution in [0.2, 0.25) is 5.02 Å². The second-order valence-corrected chi connectivity index (χ2v) is 7.86. The molecule has 0 unspecified atom stereocenters. The van der Waals surface area contributed by atoms with Crippen molar-refractivity contribution in [3.63, 3.8) is 0 Å². The Morgan fingerprint density at radius 2 is 1.62 bits per heavy atom. The number of piperazine rings is 1. The number of alkyl halides is 6. The Morgan fingerprint density at radius 3 is 2.21 bits per heavy atom. The van der Waals surface area contributed by atoms with E-state index in [0.717, 1.165) is 29.7 Å². The van der Waals surface area contributed by atoms with Gasteiger partial charge in [0.15, 0.2) is 0 Å². The van der Waals surface area contributed by atoms with E-state index in [0.29, 0.717) is 31.1 Å². The molecule has 0 aliphatic carbocycles. The molecule has 2 heterocycles. The van der Waals surface area contributed by atoms with E-state index >= 15 is 0 Å². The lowest BCUT2D eigenvalue weighted by Gasteiger charge is -2.37. The summed E-state index contributed by atoms with van der Waals surface area (Å²) in [7, 11) is 0. The third-order valence-corrected chi connectivity index (χ3v) is 5.65. The monoisotopic (exact) mass is 455 g/mol. The summed E-state index contributed by atoms with van der Waals surface area (Å²) in [5.74, 6) is -0.670. The minimum atomic E-state index is -4.51.